The second kappa shape index (κ2) is 16.0. The van der Waals surface area contributed by atoms with Crippen molar-refractivity contribution in [3.8, 4) is 66.8 Å². The fourth-order valence-corrected chi connectivity index (χ4v) is 8.18. The van der Waals surface area contributed by atoms with Gasteiger partial charge in [0.15, 0.2) is 0 Å². The average molecular weight is 752 g/mol. The van der Waals surface area contributed by atoms with Crippen LogP contribution in [0.1, 0.15) is 0 Å². The third-order valence-corrected chi connectivity index (χ3v) is 11.3. The van der Waals surface area contributed by atoms with Gasteiger partial charge >= 0.3 is 0 Å². The van der Waals surface area contributed by atoms with Crippen LogP contribution in [0.2, 0.25) is 0 Å². The molecule has 0 heterocycles. The number of anilines is 3. The molecule has 0 spiro atoms. The minimum atomic E-state index is 1.09. The maximum atomic E-state index is 2.38. The first-order valence-corrected chi connectivity index (χ1v) is 20.2. The Hall–Kier alpha value is -7.74. The molecule has 278 valence electrons. The summed E-state index contributed by atoms with van der Waals surface area (Å²) in [7, 11) is 0. The fourth-order valence-electron chi connectivity index (χ4n) is 8.18. The summed E-state index contributed by atoms with van der Waals surface area (Å²) < 4.78 is 0. The van der Waals surface area contributed by atoms with E-state index in [1.54, 1.807) is 0 Å². The molecule has 0 N–H and O–H groups in total. The van der Waals surface area contributed by atoms with Crippen molar-refractivity contribution in [2.24, 2.45) is 0 Å². The molecular formula is C58H41N. The molecule has 0 saturated heterocycles. The van der Waals surface area contributed by atoms with Gasteiger partial charge in [-0.05, 0) is 126 Å². The first-order chi connectivity index (χ1) is 29.2. The second-order valence-electron chi connectivity index (χ2n) is 15.0. The first-order valence-electron chi connectivity index (χ1n) is 20.2. The van der Waals surface area contributed by atoms with Crippen LogP contribution in [0.3, 0.4) is 0 Å². The molecule has 0 unspecified atom stereocenters. The Morgan fingerprint density at radius 2 is 0.576 bits per heavy atom. The van der Waals surface area contributed by atoms with Gasteiger partial charge in [-0.2, -0.15) is 0 Å². The van der Waals surface area contributed by atoms with Crippen LogP contribution in [0.25, 0.3) is 77.5 Å². The van der Waals surface area contributed by atoms with Crippen molar-refractivity contribution in [2.45, 2.75) is 0 Å². The van der Waals surface area contributed by atoms with E-state index in [0.29, 0.717) is 0 Å². The van der Waals surface area contributed by atoms with Crippen molar-refractivity contribution in [2.75, 3.05) is 4.90 Å². The van der Waals surface area contributed by atoms with E-state index in [9.17, 15) is 0 Å². The highest BCUT2D eigenvalue weighted by Gasteiger charge is 2.17. The van der Waals surface area contributed by atoms with Gasteiger partial charge in [0.25, 0.3) is 0 Å². The van der Waals surface area contributed by atoms with Gasteiger partial charge in [0.05, 0.1) is 0 Å². The monoisotopic (exact) mass is 751 g/mol. The maximum absolute atomic E-state index is 2.38. The topological polar surface area (TPSA) is 3.24 Å². The molecule has 0 saturated carbocycles. The van der Waals surface area contributed by atoms with E-state index in [1.807, 2.05) is 0 Å². The molecule has 1 heteroatoms. The van der Waals surface area contributed by atoms with E-state index in [2.05, 4.69) is 254 Å². The summed E-state index contributed by atoms with van der Waals surface area (Å²) in [4.78, 5) is 2.38. The lowest BCUT2D eigenvalue weighted by Crippen LogP contribution is -2.10. The molecule has 10 aromatic rings. The Balaban J connectivity index is 1.07. The van der Waals surface area contributed by atoms with E-state index in [1.165, 1.54) is 77.5 Å². The van der Waals surface area contributed by atoms with Crippen LogP contribution in [0.15, 0.2) is 249 Å². The minimum absolute atomic E-state index is 1.09. The van der Waals surface area contributed by atoms with Crippen molar-refractivity contribution in [3.63, 3.8) is 0 Å². The molecule has 10 rings (SSSR count). The van der Waals surface area contributed by atoms with E-state index < -0.39 is 0 Å². The highest BCUT2D eigenvalue weighted by molar-refractivity contribution is 5.91. The average Bonchev–Trinajstić information content (AvgIpc) is 3.33. The van der Waals surface area contributed by atoms with E-state index in [4.69, 9.17) is 0 Å². The summed E-state index contributed by atoms with van der Waals surface area (Å²) in [5.41, 5.74) is 17.6. The third-order valence-electron chi connectivity index (χ3n) is 11.3. The number of nitrogens with zero attached hydrogens (tertiary/aromatic N) is 1. The lowest BCUT2D eigenvalue weighted by atomic mass is 9.92. The third kappa shape index (κ3) is 7.46. The summed E-state index contributed by atoms with van der Waals surface area (Å²) in [6.07, 6.45) is 0. The summed E-state index contributed by atoms with van der Waals surface area (Å²) in [6, 6.07) is 89.8. The van der Waals surface area contributed by atoms with Gasteiger partial charge in [-0.1, -0.05) is 200 Å². The van der Waals surface area contributed by atoms with Crippen molar-refractivity contribution in [3.05, 3.63) is 249 Å². The number of hydrogen-bond donors (Lipinski definition) is 0. The quantitative estimate of drug-likeness (QED) is 0.142. The Labute approximate surface area is 346 Å². The molecule has 0 radical (unpaired) electrons. The van der Waals surface area contributed by atoms with Crippen LogP contribution in [0.5, 0.6) is 0 Å². The predicted molar refractivity (Wildman–Crippen MR) is 251 cm³/mol. The van der Waals surface area contributed by atoms with Crippen molar-refractivity contribution in [1.29, 1.82) is 0 Å². The molecule has 0 aliphatic rings. The molecule has 0 bridgehead atoms. The lowest BCUT2D eigenvalue weighted by Gasteiger charge is -2.27. The zero-order valence-corrected chi connectivity index (χ0v) is 32.6. The van der Waals surface area contributed by atoms with Crippen molar-refractivity contribution < 1.29 is 0 Å². The van der Waals surface area contributed by atoms with Gasteiger partial charge in [0, 0.05) is 17.1 Å². The Morgan fingerprint density at radius 1 is 0.186 bits per heavy atom. The number of rotatable bonds is 9. The normalized spacial score (nSPS) is 11.1. The molecule has 59 heavy (non-hydrogen) atoms. The second-order valence-corrected chi connectivity index (χ2v) is 15.0. The van der Waals surface area contributed by atoms with Crippen LogP contribution < -0.4 is 4.90 Å². The Morgan fingerprint density at radius 3 is 1.17 bits per heavy atom. The molecule has 0 atom stereocenters. The standard InChI is InChI=1S/C58H41N/c1-4-13-42(14-5-1)45-23-25-46(26-24-45)47-29-33-54(34-30-47)59(55-35-31-48(32-36-55)52-28-27-44-17-10-11-20-50(44)39-52)56-37-38-57(58(41-56)49-18-8-3-9-19-49)53-22-12-21-51(40-53)43-15-6-2-7-16-43/h1-41H. The number of benzene rings is 10. The minimum Gasteiger partial charge on any atom is -0.310 e. The molecule has 0 aliphatic carbocycles. The highest BCUT2D eigenvalue weighted by Crippen LogP contribution is 2.42. The zero-order chi connectivity index (χ0) is 39.4. The van der Waals surface area contributed by atoms with Gasteiger partial charge in [-0.25, -0.2) is 0 Å². The number of fused-ring (bicyclic) bond motifs is 1. The molecule has 1 nitrogen and oxygen atoms in total. The number of hydrogen-bond acceptors (Lipinski definition) is 1. The Bertz CT molecular complexity index is 2990. The van der Waals surface area contributed by atoms with E-state index in [-0.39, 0.29) is 0 Å². The Kier molecular flexibility index (Phi) is 9.68. The molecule has 0 amide bonds. The summed E-state index contributed by atoms with van der Waals surface area (Å²) >= 11 is 0. The molecule has 0 aromatic heterocycles. The van der Waals surface area contributed by atoms with Crippen LogP contribution in [0.4, 0.5) is 17.1 Å². The molecular weight excluding hydrogens is 711 g/mol. The van der Waals surface area contributed by atoms with Crippen LogP contribution in [-0.4, -0.2) is 0 Å². The maximum Gasteiger partial charge on any atom is 0.0468 e. The van der Waals surface area contributed by atoms with Gasteiger partial charge in [0.2, 0.25) is 0 Å². The summed E-state index contributed by atoms with van der Waals surface area (Å²) in [5, 5.41) is 2.49. The SMILES string of the molecule is c1ccc(-c2ccc(-c3ccc(N(c4ccc(-c5ccc6ccccc6c5)cc4)c4ccc(-c5cccc(-c6ccccc6)c5)c(-c5ccccc5)c4)cc3)cc2)cc1. The van der Waals surface area contributed by atoms with Crippen LogP contribution >= 0.6 is 0 Å². The molecule has 10 aromatic carbocycles. The predicted octanol–water partition coefficient (Wildman–Crippen LogP) is 16.3. The largest absolute Gasteiger partial charge is 0.310 e. The van der Waals surface area contributed by atoms with Crippen molar-refractivity contribution >= 4 is 27.8 Å². The smallest absolute Gasteiger partial charge is 0.0468 e. The van der Waals surface area contributed by atoms with E-state index >= 15 is 0 Å². The molecule has 0 aliphatic heterocycles. The zero-order valence-electron chi connectivity index (χ0n) is 32.6. The summed E-state index contributed by atoms with van der Waals surface area (Å²) in [5.74, 6) is 0. The van der Waals surface area contributed by atoms with Gasteiger partial charge in [0.1, 0.15) is 0 Å². The van der Waals surface area contributed by atoms with Crippen LogP contribution in [0, 0.1) is 0 Å². The fraction of sp³-hybridized carbons (Fsp3) is 0. The van der Waals surface area contributed by atoms with Gasteiger partial charge in [-0.3, -0.25) is 0 Å². The highest BCUT2D eigenvalue weighted by atomic mass is 15.1. The molecule has 0 fully saturated rings. The van der Waals surface area contributed by atoms with Crippen molar-refractivity contribution in [1.82, 2.24) is 0 Å². The lowest BCUT2D eigenvalue weighted by molar-refractivity contribution is 1.28. The first kappa shape index (κ1) is 35.7. The summed E-state index contributed by atoms with van der Waals surface area (Å²) in [6.45, 7) is 0. The van der Waals surface area contributed by atoms with E-state index in [0.717, 1.165) is 17.1 Å². The van der Waals surface area contributed by atoms with Crippen LogP contribution in [-0.2, 0) is 0 Å². The van der Waals surface area contributed by atoms with Gasteiger partial charge in [-0.15, -0.1) is 0 Å². The van der Waals surface area contributed by atoms with Gasteiger partial charge < -0.3 is 4.90 Å².